The van der Waals surface area contributed by atoms with Crippen LogP contribution in [0.3, 0.4) is 0 Å². The molecule has 1 aliphatic heterocycles. The molecular formula is C24H35N3O6. The van der Waals surface area contributed by atoms with E-state index in [4.69, 9.17) is 4.74 Å². The topological polar surface area (TPSA) is 125 Å². The molecule has 2 rings (SSSR count). The van der Waals surface area contributed by atoms with E-state index in [-0.39, 0.29) is 17.7 Å². The number of amides is 3. The number of nitrogens with one attached hydrogen (secondary N) is 2. The van der Waals surface area contributed by atoms with Crippen LogP contribution in [0.1, 0.15) is 59.1 Å². The Morgan fingerprint density at radius 2 is 1.61 bits per heavy atom. The summed E-state index contributed by atoms with van der Waals surface area (Å²) < 4.78 is 5.28. The van der Waals surface area contributed by atoms with Crippen LogP contribution >= 0.6 is 0 Å². The first-order valence-corrected chi connectivity index (χ1v) is 11.3. The summed E-state index contributed by atoms with van der Waals surface area (Å²) in [5.41, 5.74) is -0.174. The van der Waals surface area contributed by atoms with Crippen molar-refractivity contribution in [2.75, 3.05) is 13.1 Å². The second-order valence-electron chi connectivity index (χ2n) is 9.66. The standard InChI is InChI=1S/C24H35N3O6/c1-15(2)18(26-23(32)33-24(3,4)5)21(29)27-13-11-17(12-14-27)20(28)25-19(22(30)31)16-9-7-6-8-10-16/h6-10,15,17-19H,11-14H2,1-5H3,(H,25,28)(H,26,32)(H,30,31). The van der Waals surface area contributed by atoms with E-state index in [1.165, 1.54) is 0 Å². The summed E-state index contributed by atoms with van der Waals surface area (Å²) in [4.78, 5) is 51.2. The summed E-state index contributed by atoms with van der Waals surface area (Å²) in [6.07, 6.45) is 0.177. The van der Waals surface area contributed by atoms with Gasteiger partial charge in [0, 0.05) is 19.0 Å². The Labute approximate surface area is 194 Å². The Morgan fingerprint density at radius 1 is 1.03 bits per heavy atom. The van der Waals surface area contributed by atoms with Gasteiger partial charge in [0.05, 0.1) is 0 Å². The van der Waals surface area contributed by atoms with Crippen molar-refractivity contribution in [1.29, 1.82) is 0 Å². The third-order valence-corrected chi connectivity index (χ3v) is 5.45. The Bertz CT molecular complexity index is 842. The Morgan fingerprint density at radius 3 is 2.09 bits per heavy atom. The molecule has 182 valence electrons. The van der Waals surface area contributed by atoms with Gasteiger partial charge in [0.25, 0.3) is 0 Å². The number of benzene rings is 1. The van der Waals surface area contributed by atoms with Gasteiger partial charge in [-0.25, -0.2) is 9.59 Å². The van der Waals surface area contributed by atoms with Crippen molar-refractivity contribution in [2.24, 2.45) is 11.8 Å². The van der Waals surface area contributed by atoms with Crippen LogP contribution in [0.25, 0.3) is 0 Å². The first kappa shape index (κ1) is 26.2. The number of piperidine rings is 1. The van der Waals surface area contributed by atoms with Gasteiger partial charge in [-0.05, 0) is 45.1 Å². The summed E-state index contributed by atoms with van der Waals surface area (Å²) in [5.74, 6) is -2.23. The molecule has 0 bridgehead atoms. The highest BCUT2D eigenvalue weighted by atomic mass is 16.6. The number of hydrogen-bond donors (Lipinski definition) is 3. The molecule has 0 radical (unpaired) electrons. The van der Waals surface area contributed by atoms with Crippen LogP contribution in [0.4, 0.5) is 4.79 Å². The molecule has 0 spiro atoms. The van der Waals surface area contributed by atoms with E-state index in [9.17, 15) is 24.3 Å². The second kappa shape index (κ2) is 11.2. The van der Waals surface area contributed by atoms with E-state index >= 15 is 0 Å². The highest BCUT2D eigenvalue weighted by Crippen LogP contribution is 2.22. The molecule has 2 unspecified atom stereocenters. The number of carbonyl (C=O) groups excluding carboxylic acids is 3. The summed E-state index contributed by atoms with van der Waals surface area (Å²) in [6.45, 7) is 9.63. The number of ether oxygens (including phenoxy) is 1. The normalized spacial score (nSPS) is 16.6. The Balaban J connectivity index is 1.95. The van der Waals surface area contributed by atoms with Gasteiger partial charge in [0.2, 0.25) is 11.8 Å². The van der Waals surface area contributed by atoms with Crippen LogP contribution in [0, 0.1) is 11.8 Å². The Hall–Kier alpha value is -3.10. The van der Waals surface area contributed by atoms with E-state index in [0.29, 0.717) is 31.5 Å². The van der Waals surface area contributed by atoms with Crippen molar-refractivity contribution < 1.29 is 29.0 Å². The lowest BCUT2D eigenvalue weighted by Gasteiger charge is -2.35. The van der Waals surface area contributed by atoms with Crippen LogP contribution in [-0.4, -0.2) is 58.6 Å². The first-order valence-electron chi connectivity index (χ1n) is 11.3. The molecule has 1 fully saturated rings. The van der Waals surface area contributed by atoms with Crippen molar-refractivity contribution in [3.05, 3.63) is 35.9 Å². The molecule has 2 atom stereocenters. The fourth-order valence-corrected chi connectivity index (χ4v) is 3.70. The molecule has 0 aliphatic carbocycles. The molecule has 1 aromatic rings. The minimum Gasteiger partial charge on any atom is -0.479 e. The molecule has 1 saturated heterocycles. The maximum absolute atomic E-state index is 13.0. The van der Waals surface area contributed by atoms with Crippen molar-refractivity contribution in [1.82, 2.24) is 15.5 Å². The monoisotopic (exact) mass is 461 g/mol. The predicted molar refractivity (Wildman–Crippen MR) is 122 cm³/mol. The summed E-state index contributed by atoms with van der Waals surface area (Å²) in [5, 5.41) is 14.8. The lowest BCUT2D eigenvalue weighted by Crippen LogP contribution is -2.54. The number of carboxylic acids is 1. The van der Waals surface area contributed by atoms with E-state index in [1.807, 2.05) is 13.8 Å². The number of rotatable bonds is 7. The quantitative estimate of drug-likeness (QED) is 0.573. The SMILES string of the molecule is CC(C)C(NC(=O)OC(C)(C)C)C(=O)N1CCC(C(=O)NC(C(=O)O)c2ccccc2)CC1. The van der Waals surface area contributed by atoms with E-state index in [1.54, 1.807) is 56.0 Å². The molecule has 3 N–H and O–H groups in total. The minimum atomic E-state index is -1.13. The van der Waals surface area contributed by atoms with Crippen molar-refractivity contribution in [2.45, 2.75) is 65.1 Å². The van der Waals surface area contributed by atoms with Crippen LogP contribution in [0.5, 0.6) is 0 Å². The van der Waals surface area contributed by atoms with Gasteiger partial charge >= 0.3 is 12.1 Å². The van der Waals surface area contributed by atoms with Crippen LogP contribution < -0.4 is 10.6 Å². The van der Waals surface area contributed by atoms with Crippen molar-refractivity contribution in [3.63, 3.8) is 0 Å². The lowest BCUT2D eigenvalue weighted by molar-refractivity contribution is -0.143. The third kappa shape index (κ3) is 7.76. The fourth-order valence-electron chi connectivity index (χ4n) is 3.70. The van der Waals surface area contributed by atoms with Gasteiger partial charge in [-0.3, -0.25) is 9.59 Å². The Kier molecular flexibility index (Phi) is 8.84. The number of aliphatic carboxylic acids is 1. The van der Waals surface area contributed by atoms with Gasteiger partial charge in [-0.1, -0.05) is 44.2 Å². The minimum absolute atomic E-state index is 0.145. The molecule has 0 aromatic heterocycles. The number of alkyl carbamates (subject to hydrolysis) is 1. The van der Waals surface area contributed by atoms with E-state index in [0.717, 1.165) is 0 Å². The van der Waals surface area contributed by atoms with Crippen molar-refractivity contribution in [3.8, 4) is 0 Å². The lowest BCUT2D eigenvalue weighted by atomic mass is 9.93. The van der Waals surface area contributed by atoms with Crippen LogP contribution in [-0.2, 0) is 19.1 Å². The molecule has 1 aromatic carbocycles. The highest BCUT2D eigenvalue weighted by molar-refractivity contribution is 5.87. The number of carbonyl (C=O) groups is 4. The second-order valence-corrected chi connectivity index (χ2v) is 9.66. The number of nitrogens with zero attached hydrogens (tertiary/aromatic N) is 1. The average Bonchev–Trinajstić information content (AvgIpc) is 2.74. The molecule has 3 amide bonds. The molecule has 0 saturated carbocycles. The molecule has 1 heterocycles. The number of likely N-dealkylation sites (tertiary alicyclic amines) is 1. The van der Waals surface area contributed by atoms with E-state index in [2.05, 4.69) is 10.6 Å². The maximum Gasteiger partial charge on any atom is 0.408 e. The number of hydrogen-bond acceptors (Lipinski definition) is 5. The molecule has 9 nitrogen and oxygen atoms in total. The first-order chi connectivity index (χ1) is 15.4. The average molecular weight is 462 g/mol. The number of carboxylic acid groups (broad SMARTS) is 1. The zero-order valence-corrected chi connectivity index (χ0v) is 20.0. The van der Waals surface area contributed by atoms with Crippen molar-refractivity contribution >= 4 is 23.9 Å². The highest BCUT2D eigenvalue weighted by Gasteiger charge is 2.35. The third-order valence-electron chi connectivity index (χ3n) is 5.45. The summed E-state index contributed by atoms with van der Waals surface area (Å²) >= 11 is 0. The summed E-state index contributed by atoms with van der Waals surface area (Å²) in [7, 11) is 0. The summed E-state index contributed by atoms with van der Waals surface area (Å²) in [6, 6.07) is 6.67. The van der Waals surface area contributed by atoms with Crippen LogP contribution in [0.15, 0.2) is 30.3 Å². The molecule has 1 aliphatic rings. The smallest absolute Gasteiger partial charge is 0.408 e. The molecular weight excluding hydrogens is 426 g/mol. The van der Waals surface area contributed by atoms with Gasteiger partial charge < -0.3 is 25.4 Å². The van der Waals surface area contributed by atoms with Gasteiger partial charge in [0.1, 0.15) is 11.6 Å². The van der Waals surface area contributed by atoms with E-state index < -0.39 is 35.7 Å². The van der Waals surface area contributed by atoms with Gasteiger partial charge in [-0.15, -0.1) is 0 Å². The zero-order chi connectivity index (χ0) is 24.8. The fraction of sp³-hybridized carbons (Fsp3) is 0.583. The predicted octanol–water partition coefficient (Wildman–Crippen LogP) is 2.72. The molecule has 9 heteroatoms. The zero-order valence-electron chi connectivity index (χ0n) is 20.0. The largest absolute Gasteiger partial charge is 0.479 e. The van der Waals surface area contributed by atoms with Gasteiger partial charge in [-0.2, -0.15) is 0 Å². The maximum atomic E-state index is 13.0. The van der Waals surface area contributed by atoms with Crippen LogP contribution in [0.2, 0.25) is 0 Å². The molecule has 33 heavy (non-hydrogen) atoms. The van der Waals surface area contributed by atoms with Gasteiger partial charge in [0.15, 0.2) is 6.04 Å².